The molecule has 2 unspecified atom stereocenters. The van der Waals surface area contributed by atoms with E-state index in [9.17, 15) is 9.90 Å². The van der Waals surface area contributed by atoms with Crippen molar-refractivity contribution in [3.8, 4) is 0 Å². The zero-order valence-corrected chi connectivity index (χ0v) is 13.3. The lowest BCUT2D eigenvalue weighted by Crippen LogP contribution is -2.52. The third-order valence-corrected chi connectivity index (χ3v) is 4.55. The Kier molecular flexibility index (Phi) is 8.70. The van der Waals surface area contributed by atoms with E-state index in [1.807, 2.05) is 25.6 Å². The molecule has 0 amide bonds. The standard InChI is InChI=1S/C14H29NO2S/c1-6-12(4)18-10-8-7-9-14(5,13(16)17)15-11(2)3/h11-12,15H,6-10H2,1-5H3,(H,16,17). The highest BCUT2D eigenvalue weighted by molar-refractivity contribution is 7.99. The van der Waals surface area contributed by atoms with Crippen LogP contribution in [-0.2, 0) is 4.79 Å². The van der Waals surface area contributed by atoms with Crippen molar-refractivity contribution in [1.29, 1.82) is 0 Å². The second-order valence-corrected chi connectivity index (χ2v) is 7.03. The maximum atomic E-state index is 11.3. The van der Waals surface area contributed by atoms with Gasteiger partial charge in [-0.2, -0.15) is 11.8 Å². The van der Waals surface area contributed by atoms with Gasteiger partial charge in [0.1, 0.15) is 5.54 Å². The molecule has 0 spiro atoms. The van der Waals surface area contributed by atoms with Crippen molar-refractivity contribution in [2.75, 3.05) is 5.75 Å². The van der Waals surface area contributed by atoms with Crippen molar-refractivity contribution >= 4 is 17.7 Å². The minimum atomic E-state index is -0.783. The molecule has 0 saturated carbocycles. The lowest BCUT2D eigenvalue weighted by atomic mass is 9.94. The fraction of sp³-hybridized carbons (Fsp3) is 0.929. The summed E-state index contributed by atoms with van der Waals surface area (Å²) < 4.78 is 0. The number of aliphatic carboxylic acids is 1. The van der Waals surface area contributed by atoms with Gasteiger partial charge in [0.2, 0.25) is 0 Å². The Bertz CT molecular complexity index is 246. The molecule has 0 saturated heterocycles. The molecule has 0 aliphatic rings. The minimum absolute atomic E-state index is 0.195. The summed E-state index contributed by atoms with van der Waals surface area (Å²) >= 11 is 1.98. The SMILES string of the molecule is CCC(C)SCCCCC(C)(NC(C)C)C(=O)O. The number of nitrogens with one attached hydrogen (secondary N) is 1. The minimum Gasteiger partial charge on any atom is -0.480 e. The lowest BCUT2D eigenvalue weighted by Gasteiger charge is -2.28. The van der Waals surface area contributed by atoms with E-state index in [0.29, 0.717) is 11.7 Å². The van der Waals surface area contributed by atoms with Gasteiger partial charge in [-0.15, -0.1) is 0 Å². The van der Waals surface area contributed by atoms with E-state index >= 15 is 0 Å². The molecule has 18 heavy (non-hydrogen) atoms. The predicted octanol–water partition coefficient (Wildman–Crippen LogP) is 3.53. The first-order valence-corrected chi connectivity index (χ1v) is 7.99. The van der Waals surface area contributed by atoms with Gasteiger partial charge in [0.15, 0.2) is 0 Å². The topological polar surface area (TPSA) is 49.3 Å². The second kappa shape index (κ2) is 8.81. The van der Waals surface area contributed by atoms with Gasteiger partial charge in [-0.3, -0.25) is 10.1 Å². The van der Waals surface area contributed by atoms with E-state index in [-0.39, 0.29) is 6.04 Å². The van der Waals surface area contributed by atoms with Gasteiger partial charge < -0.3 is 5.11 Å². The van der Waals surface area contributed by atoms with Crippen molar-refractivity contribution < 1.29 is 9.90 Å². The monoisotopic (exact) mass is 275 g/mol. The van der Waals surface area contributed by atoms with Crippen molar-refractivity contribution in [2.24, 2.45) is 0 Å². The summed E-state index contributed by atoms with van der Waals surface area (Å²) in [5.74, 6) is 0.387. The molecule has 0 bridgehead atoms. The number of carboxylic acid groups (broad SMARTS) is 1. The molecular formula is C14H29NO2S. The molecule has 0 heterocycles. The van der Waals surface area contributed by atoms with E-state index in [0.717, 1.165) is 18.6 Å². The molecule has 2 N–H and O–H groups in total. The summed E-state index contributed by atoms with van der Waals surface area (Å²) in [7, 11) is 0. The predicted molar refractivity (Wildman–Crippen MR) is 80.4 cm³/mol. The van der Waals surface area contributed by atoms with Crippen LogP contribution < -0.4 is 5.32 Å². The van der Waals surface area contributed by atoms with Crippen LogP contribution in [0.3, 0.4) is 0 Å². The summed E-state index contributed by atoms with van der Waals surface area (Å²) in [6.45, 7) is 10.2. The Morgan fingerprint density at radius 3 is 2.39 bits per heavy atom. The quantitative estimate of drug-likeness (QED) is 0.599. The largest absolute Gasteiger partial charge is 0.480 e. The zero-order chi connectivity index (χ0) is 14.2. The number of thioether (sulfide) groups is 1. The van der Waals surface area contributed by atoms with Gasteiger partial charge >= 0.3 is 5.97 Å². The van der Waals surface area contributed by atoms with Crippen LogP contribution in [0.1, 0.15) is 60.3 Å². The molecule has 0 aromatic heterocycles. The Morgan fingerprint density at radius 2 is 1.94 bits per heavy atom. The molecule has 0 aliphatic heterocycles. The van der Waals surface area contributed by atoms with E-state index in [1.54, 1.807) is 6.92 Å². The second-order valence-electron chi connectivity index (χ2n) is 5.48. The maximum absolute atomic E-state index is 11.3. The van der Waals surface area contributed by atoms with E-state index < -0.39 is 11.5 Å². The molecule has 2 atom stereocenters. The van der Waals surface area contributed by atoms with Gasteiger partial charge in [0, 0.05) is 11.3 Å². The lowest BCUT2D eigenvalue weighted by molar-refractivity contribution is -0.144. The molecule has 0 aromatic rings. The van der Waals surface area contributed by atoms with E-state index in [4.69, 9.17) is 0 Å². The third kappa shape index (κ3) is 7.27. The Balaban J connectivity index is 3.95. The van der Waals surface area contributed by atoms with Crippen LogP contribution in [0.4, 0.5) is 0 Å². The summed E-state index contributed by atoms with van der Waals surface area (Å²) in [5.41, 5.74) is -0.783. The Hall–Kier alpha value is -0.220. The van der Waals surface area contributed by atoms with Crippen LogP contribution in [0.25, 0.3) is 0 Å². The van der Waals surface area contributed by atoms with Crippen molar-refractivity contribution in [1.82, 2.24) is 5.32 Å². The number of carboxylic acids is 1. The fourth-order valence-electron chi connectivity index (χ4n) is 1.86. The number of hydrogen-bond acceptors (Lipinski definition) is 3. The van der Waals surface area contributed by atoms with Crippen LogP contribution >= 0.6 is 11.8 Å². The van der Waals surface area contributed by atoms with E-state index in [1.165, 1.54) is 6.42 Å². The highest BCUT2D eigenvalue weighted by atomic mass is 32.2. The van der Waals surface area contributed by atoms with Crippen LogP contribution in [0, 0.1) is 0 Å². The molecule has 0 aliphatic carbocycles. The van der Waals surface area contributed by atoms with Crippen LogP contribution in [0.5, 0.6) is 0 Å². The Morgan fingerprint density at radius 1 is 1.33 bits per heavy atom. The number of carbonyl (C=O) groups is 1. The molecule has 0 rings (SSSR count). The molecule has 4 heteroatoms. The van der Waals surface area contributed by atoms with Crippen molar-refractivity contribution in [3.05, 3.63) is 0 Å². The molecule has 0 radical (unpaired) electrons. The fourth-order valence-corrected chi connectivity index (χ4v) is 2.87. The zero-order valence-electron chi connectivity index (χ0n) is 12.5. The normalized spacial score (nSPS) is 16.6. The molecular weight excluding hydrogens is 246 g/mol. The van der Waals surface area contributed by atoms with Crippen molar-refractivity contribution in [3.63, 3.8) is 0 Å². The summed E-state index contributed by atoms with van der Waals surface area (Å²) in [6, 6.07) is 0.195. The van der Waals surface area contributed by atoms with Crippen LogP contribution in [-0.4, -0.2) is 33.7 Å². The van der Waals surface area contributed by atoms with Gasteiger partial charge in [-0.25, -0.2) is 0 Å². The highest BCUT2D eigenvalue weighted by Gasteiger charge is 2.32. The summed E-state index contributed by atoms with van der Waals surface area (Å²) in [4.78, 5) is 11.3. The number of unbranched alkanes of at least 4 members (excludes halogenated alkanes) is 1. The smallest absolute Gasteiger partial charge is 0.323 e. The molecule has 0 fully saturated rings. The van der Waals surface area contributed by atoms with E-state index in [2.05, 4.69) is 19.2 Å². The van der Waals surface area contributed by atoms with Crippen LogP contribution in [0.15, 0.2) is 0 Å². The third-order valence-electron chi connectivity index (χ3n) is 3.13. The first-order chi connectivity index (χ1) is 8.31. The average Bonchev–Trinajstić information content (AvgIpc) is 2.27. The summed E-state index contributed by atoms with van der Waals surface area (Å²) in [6.07, 6.45) is 3.96. The molecule has 0 aromatic carbocycles. The van der Waals surface area contributed by atoms with Crippen molar-refractivity contribution in [2.45, 2.75) is 77.1 Å². The highest BCUT2D eigenvalue weighted by Crippen LogP contribution is 2.19. The molecule has 3 nitrogen and oxygen atoms in total. The maximum Gasteiger partial charge on any atom is 0.323 e. The molecule has 108 valence electrons. The number of hydrogen-bond donors (Lipinski definition) is 2. The van der Waals surface area contributed by atoms with Gasteiger partial charge in [0.05, 0.1) is 0 Å². The van der Waals surface area contributed by atoms with Gasteiger partial charge in [-0.05, 0) is 45.8 Å². The Labute approximate surface area is 116 Å². The first-order valence-electron chi connectivity index (χ1n) is 6.94. The number of rotatable bonds is 10. The first kappa shape index (κ1) is 17.8. The van der Waals surface area contributed by atoms with Gasteiger partial charge in [-0.1, -0.05) is 20.3 Å². The summed E-state index contributed by atoms with van der Waals surface area (Å²) in [5, 5.41) is 13.2. The average molecular weight is 275 g/mol. The van der Waals surface area contributed by atoms with Gasteiger partial charge in [0.25, 0.3) is 0 Å². The van der Waals surface area contributed by atoms with Crippen LogP contribution in [0.2, 0.25) is 0 Å².